The van der Waals surface area contributed by atoms with Crippen LogP contribution in [0.25, 0.3) is 0 Å². The molecule has 2 heterocycles. The molecule has 0 saturated carbocycles. The molecule has 0 fully saturated rings. The first-order valence-corrected chi connectivity index (χ1v) is 7.84. The molecule has 2 rings (SSSR count). The van der Waals surface area contributed by atoms with E-state index in [4.69, 9.17) is 11.6 Å². The van der Waals surface area contributed by atoms with E-state index < -0.39 is 10.0 Å². The summed E-state index contributed by atoms with van der Waals surface area (Å²) >= 11 is 7.20. The maximum atomic E-state index is 12.0. The molecule has 2 aromatic rings. The van der Waals surface area contributed by atoms with Crippen LogP contribution in [0.3, 0.4) is 0 Å². The minimum atomic E-state index is -3.55. The number of nitrogens with zero attached hydrogens (tertiary/aromatic N) is 1. The molecule has 0 saturated heterocycles. The lowest BCUT2D eigenvalue weighted by atomic mass is 10.2. The molecule has 0 aliphatic heterocycles. The Morgan fingerprint density at radius 3 is 2.72 bits per heavy atom. The molecule has 18 heavy (non-hydrogen) atoms. The Morgan fingerprint density at radius 1 is 1.39 bits per heavy atom. The van der Waals surface area contributed by atoms with Gasteiger partial charge >= 0.3 is 0 Å². The zero-order chi connectivity index (χ0) is 13.3. The summed E-state index contributed by atoms with van der Waals surface area (Å²) < 4.78 is 26.8. The molecule has 0 radical (unpaired) electrons. The van der Waals surface area contributed by atoms with Gasteiger partial charge < -0.3 is 0 Å². The maximum absolute atomic E-state index is 12.0. The Kier molecular flexibility index (Phi) is 3.61. The highest BCUT2D eigenvalue weighted by Gasteiger charge is 2.17. The zero-order valence-corrected chi connectivity index (χ0v) is 12.2. The Balaban J connectivity index is 2.39. The summed E-state index contributed by atoms with van der Waals surface area (Å²) in [5.41, 5.74) is 1.75. The van der Waals surface area contributed by atoms with Gasteiger partial charge in [-0.05, 0) is 30.9 Å². The van der Waals surface area contributed by atoms with Crippen LogP contribution in [-0.2, 0) is 10.0 Å². The summed E-state index contributed by atoms with van der Waals surface area (Å²) in [6.07, 6.45) is 1.47. The number of aryl methyl sites for hydroxylation is 1. The maximum Gasteiger partial charge on any atom is 0.271 e. The minimum absolute atomic E-state index is 0.263. The fourth-order valence-corrected chi connectivity index (χ4v) is 3.67. The normalized spacial score (nSPS) is 11.5. The van der Waals surface area contributed by atoms with Crippen LogP contribution in [0.1, 0.15) is 11.3 Å². The molecule has 2 aromatic heterocycles. The van der Waals surface area contributed by atoms with Crippen LogP contribution in [0, 0.1) is 13.8 Å². The van der Waals surface area contributed by atoms with Crippen LogP contribution in [-0.4, -0.2) is 13.4 Å². The van der Waals surface area contributed by atoms with Crippen molar-refractivity contribution in [3.05, 3.63) is 40.0 Å². The third kappa shape index (κ3) is 2.50. The molecule has 0 aromatic carbocycles. The number of aromatic nitrogens is 1. The van der Waals surface area contributed by atoms with Gasteiger partial charge in [-0.3, -0.25) is 9.71 Å². The Hall–Kier alpha value is -1.11. The highest BCUT2D eigenvalue weighted by atomic mass is 35.5. The summed E-state index contributed by atoms with van der Waals surface area (Å²) in [6.45, 7) is 3.52. The van der Waals surface area contributed by atoms with Crippen molar-refractivity contribution in [3.8, 4) is 0 Å². The van der Waals surface area contributed by atoms with Crippen molar-refractivity contribution in [3.63, 3.8) is 0 Å². The number of halogens is 1. The molecule has 0 aliphatic rings. The summed E-state index contributed by atoms with van der Waals surface area (Å²) in [4.78, 5) is 4.05. The third-order valence-corrected chi connectivity index (χ3v) is 5.76. The predicted octanol–water partition coefficient (Wildman–Crippen LogP) is 3.21. The van der Waals surface area contributed by atoms with E-state index in [-0.39, 0.29) is 4.21 Å². The van der Waals surface area contributed by atoms with Crippen LogP contribution in [0.15, 0.2) is 27.9 Å². The van der Waals surface area contributed by atoms with E-state index in [1.807, 2.05) is 0 Å². The van der Waals surface area contributed by atoms with Gasteiger partial charge in [0.1, 0.15) is 4.21 Å². The molecular weight excluding hydrogens is 292 g/mol. The average Bonchev–Trinajstić information content (AvgIpc) is 2.84. The first kappa shape index (κ1) is 13.3. The molecule has 0 amide bonds. The quantitative estimate of drug-likeness (QED) is 0.947. The number of nitrogens with one attached hydrogen (secondary N) is 1. The van der Waals surface area contributed by atoms with Gasteiger partial charge in [0.25, 0.3) is 10.0 Å². The first-order chi connectivity index (χ1) is 8.42. The lowest BCUT2D eigenvalue weighted by Crippen LogP contribution is -2.13. The molecule has 1 N–H and O–H groups in total. The number of sulfonamides is 1. The number of hydrogen-bond donors (Lipinski definition) is 1. The summed E-state index contributed by atoms with van der Waals surface area (Å²) in [7, 11) is -3.55. The van der Waals surface area contributed by atoms with E-state index in [1.54, 1.807) is 31.4 Å². The van der Waals surface area contributed by atoms with Gasteiger partial charge in [0.15, 0.2) is 0 Å². The predicted molar refractivity (Wildman–Crippen MR) is 73.8 cm³/mol. The lowest BCUT2D eigenvalue weighted by Gasteiger charge is -2.11. The second-order valence-corrected chi connectivity index (χ2v) is 6.97. The number of rotatable bonds is 3. The van der Waals surface area contributed by atoms with Gasteiger partial charge in [-0.25, -0.2) is 8.42 Å². The monoisotopic (exact) mass is 302 g/mol. The van der Waals surface area contributed by atoms with Gasteiger partial charge in [0, 0.05) is 0 Å². The standard InChI is InChI=1S/C11H11ClN2O2S2/c1-7-9(6-13-8(2)11(7)12)14-18(15,16)10-4-3-5-17-10/h3-6,14H,1-2H3. The number of hydrogen-bond acceptors (Lipinski definition) is 4. The largest absolute Gasteiger partial charge is 0.277 e. The van der Waals surface area contributed by atoms with E-state index in [0.29, 0.717) is 22.0 Å². The van der Waals surface area contributed by atoms with Crippen molar-refractivity contribution < 1.29 is 8.42 Å². The van der Waals surface area contributed by atoms with Crippen molar-refractivity contribution in [2.75, 3.05) is 4.72 Å². The molecule has 7 heteroatoms. The minimum Gasteiger partial charge on any atom is -0.277 e. The first-order valence-electron chi connectivity index (χ1n) is 5.10. The summed E-state index contributed by atoms with van der Waals surface area (Å²) in [5, 5.41) is 2.18. The van der Waals surface area contributed by atoms with E-state index in [2.05, 4.69) is 9.71 Å². The fraction of sp³-hybridized carbons (Fsp3) is 0.182. The Morgan fingerprint density at radius 2 is 2.11 bits per heavy atom. The van der Waals surface area contributed by atoms with Crippen LogP contribution < -0.4 is 4.72 Å². The van der Waals surface area contributed by atoms with Crippen LogP contribution >= 0.6 is 22.9 Å². The molecule has 0 atom stereocenters. The smallest absolute Gasteiger partial charge is 0.271 e. The second kappa shape index (κ2) is 4.87. The SMILES string of the molecule is Cc1ncc(NS(=O)(=O)c2cccs2)c(C)c1Cl. The zero-order valence-electron chi connectivity index (χ0n) is 9.77. The molecule has 0 unspecified atom stereocenters. The van der Waals surface area contributed by atoms with Gasteiger partial charge in [0.05, 0.1) is 22.6 Å². The van der Waals surface area contributed by atoms with Crippen molar-refractivity contribution in [1.29, 1.82) is 0 Å². The summed E-state index contributed by atoms with van der Waals surface area (Å²) in [5.74, 6) is 0. The van der Waals surface area contributed by atoms with E-state index in [1.165, 1.54) is 6.20 Å². The number of anilines is 1. The van der Waals surface area contributed by atoms with E-state index in [9.17, 15) is 8.42 Å². The Bertz CT molecular complexity index is 667. The number of thiophene rings is 1. The highest BCUT2D eigenvalue weighted by Crippen LogP contribution is 2.27. The molecular formula is C11H11ClN2O2S2. The lowest BCUT2D eigenvalue weighted by molar-refractivity contribution is 0.603. The van der Waals surface area contributed by atoms with Crippen molar-refractivity contribution in [2.45, 2.75) is 18.1 Å². The van der Waals surface area contributed by atoms with E-state index in [0.717, 1.165) is 11.3 Å². The van der Waals surface area contributed by atoms with Crippen molar-refractivity contribution in [1.82, 2.24) is 4.98 Å². The molecule has 0 spiro atoms. The van der Waals surface area contributed by atoms with E-state index >= 15 is 0 Å². The van der Waals surface area contributed by atoms with Gasteiger partial charge in [-0.1, -0.05) is 17.7 Å². The molecule has 0 bridgehead atoms. The highest BCUT2D eigenvalue weighted by molar-refractivity contribution is 7.94. The molecule has 0 aliphatic carbocycles. The molecule has 96 valence electrons. The van der Waals surface area contributed by atoms with Gasteiger partial charge in [-0.2, -0.15) is 0 Å². The van der Waals surface area contributed by atoms with Crippen LogP contribution in [0.5, 0.6) is 0 Å². The third-order valence-electron chi connectivity index (χ3n) is 2.44. The van der Waals surface area contributed by atoms with Crippen molar-refractivity contribution >= 4 is 38.6 Å². The van der Waals surface area contributed by atoms with Gasteiger partial charge in [-0.15, -0.1) is 11.3 Å². The molecule has 4 nitrogen and oxygen atoms in total. The number of pyridine rings is 1. The van der Waals surface area contributed by atoms with Crippen molar-refractivity contribution in [2.24, 2.45) is 0 Å². The summed E-state index contributed by atoms with van der Waals surface area (Å²) in [6, 6.07) is 3.23. The fourth-order valence-electron chi connectivity index (χ4n) is 1.42. The topological polar surface area (TPSA) is 59.1 Å². The average molecular weight is 303 g/mol. The second-order valence-electron chi connectivity index (χ2n) is 3.73. The van der Waals surface area contributed by atoms with Gasteiger partial charge in [0.2, 0.25) is 0 Å². The van der Waals surface area contributed by atoms with Crippen LogP contribution in [0.2, 0.25) is 5.02 Å². The Labute approximate surface area is 115 Å². The van der Waals surface area contributed by atoms with Crippen LogP contribution in [0.4, 0.5) is 5.69 Å².